The summed E-state index contributed by atoms with van der Waals surface area (Å²) in [5.74, 6) is -4.28. The van der Waals surface area contributed by atoms with Crippen molar-refractivity contribution in [1.82, 2.24) is 14.8 Å². The molecule has 0 saturated carbocycles. The van der Waals surface area contributed by atoms with E-state index < -0.39 is 41.0 Å². The molecule has 2 amide bonds. The van der Waals surface area contributed by atoms with Gasteiger partial charge in [-0.15, -0.1) is 0 Å². The highest BCUT2D eigenvalue weighted by molar-refractivity contribution is 7.99. The summed E-state index contributed by atoms with van der Waals surface area (Å²) >= 11 is 1.15. The van der Waals surface area contributed by atoms with Crippen LogP contribution in [0.25, 0.3) is 11.1 Å². The number of ketones is 1. The van der Waals surface area contributed by atoms with Crippen LogP contribution in [0, 0.1) is 23.0 Å². The van der Waals surface area contributed by atoms with E-state index in [2.05, 4.69) is 12.2 Å². The van der Waals surface area contributed by atoms with Gasteiger partial charge < -0.3 is 25.6 Å². The number of carboxylic acid groups (broad SMARTS) is 1. The van der Waals surface area contributed by atoms with Crippen molar-refractivity contribution in [3.63, 3.8) is 0 Å². The Bertz CT molecular complexity index is 1660. The van der Waals surface area contributed by atoms with Gasteiger partial charge in [-0.05, 0) is 54.6 Å². The number of Topliss-reactive ketones (excluding diaryl/α,β-unsaturated/α-hetero) is 1. The van der Waals surface area contributed by atoms with E-state index in [1.807, 2.05) is 61.7 Å². The second kappa shape index (κ2) is 21.0. The summed E-state index contributed by atoms with van der Waals surface area (Å²) in [5, 5.41) is 12.7. The topological polar surface area (TPSA) is 135 Å². The Morgan fingerprint density at radius 2 is 1.72 bits per heavy atom. The number of nitrogens with one attached hydrogen (secondary N) is 1. The van der Waals surface area contributed by atoms with E-state index in [1.165, 1.54) is 6.92 Å². The number of hydrogen-bond acceptors (Lipinski definition) is 6. The van der Waals surface area contributed by atoms with Crippen LogP contribution < -0.4 is 11.1 Å². The number of amides is 2. The van der Waals surface area contributed by atoms with Crippen LogP contribution in [-0.2, 0) is 25.7 Å². The molecule has 0 aliphatic rings. The Balaban J connectivity index is 1.91. The molecule has 0 fully saturated rings. The average Bonchev–Trinajstić information content (AvgIpc) is 3.50. The number of carboxylic acids is 1. The Kier molecular flexibility index (Phi) is 17.2. The van der Waals surface area contributed by atoms with Crippen molar-refractivity contribution in [1.29, 1.82) is 0 Å². The monoisotopic (exact) mass is 754 g/mol. The predicted molar refractivity (Wildman–Crippen MR) is 207 cm³/mol. The maximum absolute atomic E-state index is 15.1. The molecule has 1 heterocycles. The van der Waals surface area contributed by atoms with E-state index in [-0.39, 0.29) is 41.1 Å². The van der Waals surface area contributed by atoms with Gasteiger partial charge in [-0.25, -0.2) is 8.78 Å². The quantitative estimate of drug-likeness (QED) is 0.0899. The molecule has 3 atom stereocenters. The number of nitrogens with two attached hydrogens (primary N) is 1. The first-order valence-corrected chi connectivity index (χ1v) is 19.6. The number of halogens is 2. The van der Waals surface area contributed by atoms with Crippen molar-refractivity contribution in [2.24, 2.45) is 17.1 Å². The molecule has 0 unspecified atom stereocenters. The molecular weight excluding hydrogens is 699 g/mol. The summed E-state index contributed by atoms with van der Waals surface area (Å²) in [6.07, 6.45) is 6.15. The first-order chi connectivity index (χ1) is 25.2. The van der Waals surface area contributed by atoms with E-state index in [1.54, 1.807) is 11.1 Å². The highest BCUT2D eigenvalue weighted by Crippen LogP contribution is 2.41. The summed E-state index contributed by atoms with van der Waals surface area (Å²) < 4.78 is 31.4. The van der Waals surface area contributed by atoms with Gasteiger partial charge in [0.2, 0.25) is 11.8 Å². The zero-order valence-electron chi connectivity index (χ0n) is 31.7. The van der Waals surface area contributed by atoms with Crippen molar-refractivity contribution in [3.8, 4) is 11.1 Å². The Morgan fingerprint density at radius 3 is 2.34 bits per heavy atom. The Morgan fingerprint density at radius 1 is 1.00 bits per heavy atom. The number of carbonyl (C=O) groups is 4. The number of aliphatic carboxylic acids is 1. The van der Waals surface area contributed by atoms with Gasteiger partial charge in [0.15, 0.2) is 5.78 Å². The molecule has 53 heavy (non-hydrogen) atoms. The highest BCUT2D eigenvalue weighted by atomic mass is 32.2. The first-order valence-electron chi connectivity index (χ1n) is 18.5. The first kappa shape index (κ1) is 43.4. The fraction of sp³-hybridized carbons (Fsp3) is 0.512. The molecule has 0 radical (unpaired) electrons. The van der Waals surface area contributed by atoms with E-state index in [0.29, 0.717) is 38.0 Å². The van der Waals surface area contributed by atoms with Gasteiger partial charge in [0.05, 0.1) is 23.8 Å². The molecule has 4 N–H and O–H groups in total. The normalized spacial score (nSPS) is 13.3. The fourth-order valence-electron chi connectivity index (χ4n) is 6.58. The lowest BCUT2D eigenvalue weighted by Crippen LogP contribution is -2.44. The van der Waals surface area contributed by atoms with Crippen LogP contribution in [0.3, 0.4) is 0 Å². The number of nitrogens with zero attached hydrogens (tertiary/aromatic N) is 2. The van der Waals surface area contributed by atoms with Gasteiger partial charge in [0, 0.05) is 55.2 Å². The zero-order chi connectivity index (χ0) is 39.1. The molecule has 2 aromatic carbocycles. The van der Waals surface area contributed by atoms with Crippen molar-refractivity contribution in [2.45, 2.75) is 98.2 Å². The molecule has 3 rings (SSSR count). The summed E-state index contributed by atoms with van der Waals surface area (Å²) in [6, 6.07) is 13.6. The van der Waals surface area contributed by atoms with Gasteiger partial charge in [-0.3, -0.25) is 19.2 Å². The van der Waals surface area contributed by atoms with Crippen molar-refractivity contribution >= 4 is 35.3 Å². The SMILES string of the molecule is CCCCCC[C@H](NC(C)=O)C(=O)C[C@@H](CSCC(=O)N(CCCN)[C@@H](c1cc(-c2cc(F)ccc2F)cn1Cc1ccccc1)C(C)(C)C)C(=O)O. The maximum Gasteiger partial charge on any atom is 0.307 e. The summed E-state index contributed by atoms with van der Waals surface area (Å²) in [7, 11) is 0. The third kappa shape index (κ3) is 13.4. The molecule has 3 aromatic rings. The van der Waals surface area contributed by atoms with E-state index >= 15 is 4.39 Å². The molecule has 0 spiro atoms. The van der Waals surface area contributed by atoms with Crippen LogP contribution in [0.1, 0.15) is 96.9 Å². The minimum absolute atomic E-state index is 0.0216. The number of unbranched alkanes of at least 4 members (excludes halogenated alkanes) is 3. The number of carbonyl (C=O) groups excluding carboxylic acids is 3. The Labute approximate surface area is 317 Å². The van der Waals surface area contributed by atoms with E-state index in [9.17, 15) is 28.7 Å². The van der Waals surface area contributed by atoms with Crippen LogP contribution in [0.4, 0.5) is 8.78 Å². The lowest BCUT2D eigenvalue weighted by molar-refractivity contribution is -0.143. The molecule has 1 aromatic heterocycles. The lowest BCUT2D eigenvalue weighted by Gasteiger charge is -2.41. The second-order valence-electron chi connectivity index (χ2n) is 14.7. The summed E-state index contributed by atoms with van der Waals surface area (Å²) in [6.45, 7) is 10.5. The molecule has 0 saturated heterocycles. The van der Waals surface area contributed by atoms with E-state index in [4.69, 9.17) is 5.73 Å². The third-order valence-corrected chi connectivity index (χ3v) is 10.2. The Hall–Kier alpha value is -4.03. The number of hydrogen-bond donors (Lipinski definition) is 3. The third-order valence-electron chi connectivity index (χ3n) is 9.15. The number of thioether (sulfide) groups is 1. The van der Waals surface area contributed by atoms with Crippen molar-refractivity contribution in [2.75, 3.05) is 24.6 Å². The van der Waals surface area contributed by atoms with Crippen molar-refractivity contribution < 1.29 is 33.1 Å². The minimum Gasteiger partial charge on any atom is -0.481 e. The maximum atomic E-state index is 15.1. The van der Waals surface area contributed by atoms with Crippen molar-refractivity contribution in [3.05, 3.63) is 83.7 Å². The molecule has 0 bridgehead atoms. The average molecular weight is 755 g/mol. The lowest BCUT2D eigenvalue weighted by atomic mass is 9.83. The summed E-state index contributed by atoms with van der Waals surface area (Å²) in [5.41, 5.74) is 7.69. The van der Waals surface area contributed by atoms with Gasteiger partial charge in [0.1, 0.15) is 11.6 Å². The smallest absolute Gasteiger partial charge is 0.307 e. The second-order valence-corrected chi connectivity index (χ2v) is 15.7. The fourth-order valence-corrected chi connectivity index (χ4v) is 7.58. The van der Waals surface area contributed by atoms with Crippen LogP contribution >= 0.6 is 11.8 Å². The zero-order valence-corrected chi connectivity index (χ0v) is 32.5. The number of rotatable bonds is 22. The number of aromatic nitrogens is 1. The predicted octanol–water partition coefficient (Wildman–Crippen LogP) is 7.61. The molecule has 0 aliphatic heterocycles. The molecule has 0 aliphatic carbocycles. The van der Waals surface area contributed by atoms with Crippen LogP contribution in [0.5, 0.6) is 0 Å². The van der Waals surface area contributed by atoms with Crippen LogP contribution in [0.2, 0.25) is 0 Å². The van der Waals surface area contributed by atoms with Gasteiger partial charge in [-0.2, -0.15) is 11.8 Å². The van der Waals surface area contributed by atoms with Crippen LogP contribution in [-0.4, -0.2) is 68.8 Å². The molecule has 9 nitrogen and oxygen atoms in total. The molecule has 290 valence electrons. The standard InChI is InChI=1S/C41H56F2N4O5S/c1-6-7-8-12-16-35(45-28(2)48)37(49)22-31(40(51)52)26-53-27-38(50)47(20-13-19-44)39(41(3,4)5)36-21-30(33-23-32(42)17-18-34(33)43)25-46(36)24-29-14-10-9-11-15-29/h9-11,14-15,17-18,21,23,25,31,35,39H,6-8,12-13,16,19-20,22,24,26-27,44H2,1-5H3,(H,45,48)(H,51,52)/t31-,35-,39-/m0/s1. The summed E-state index contributed by atoms with van der Waals surface area (Å²) in [4.78, 5) is 53.3. The molecule has 12 heteroatoms. The highest BCUT2D eigenvalue weighted by Gasteiger charge is 2.37. The minimum atomic E-state index is -1.14. The van der Waals surface area contributed by atoms with Gasteiger partial charge in [-0.1, -0.05) is 83.7 Å². The van der Waals surface area contributed by atoms with Gasteiger partial charge in [0.25, 0.3) is 0 Å². The number of benzene rings is 2. The largest absolute Gasteiger partial charge is 0.481 e. The van der Waals surface area contributed by atoms with Crippen LogP contribution in [0.15, 0.2) is 60.8 Å². The van der Waals surface area contributed by atoms with E-state index in [0.717, 1.165) is 66.9 Å². The van der Waals surface area contributed by atoms with Gasteiger partial charge >= 0.3 is 5.97 Å². The molecular formula is C41H56F2N4O5S.